The lowest BCUT2D eigenvalue weighted by atomic mass is 10.0. The number of aliphatic hydroxyl groups is 3. The predicted octanol–water partition coefficient (Wildman–Crippen LogP) is 2.26. The Hall–Kier alpha value is -0.900. The van der Waals surface area contributed by atoms with Crippen molar-refractivity contribution in [3.63, 3.8) is 0 Å². The van der Waals surface area contributed by atoms with Gasteiger partial charge >= 0.3 is 0 Å². The molecule has 3 nitrogen and oxygen atoms in total. The molecule has 0 saturated heterocycles. The summed E-state index contributed by atoms with van der Waals surface area (Å²) in [6.45, 7) is 7.67. The smallest absolute Gasteiger partial charge is 0.148 e. The van der Waals surface area contributed by atoms with Crippen molar-refractivity contribution in [2.24, 2.45) is 0 Å². The monoisotopic (exact) mass is 242 g/mol. The molecule has 0 fully saturated rings. The fourth-order valence-electron chi connectivity index (χ4n) is 1.16. The molecule has 100 valence electrons. The third-order valence-electron chi connectivity index (χ3n) is 1.87. The average Bonchev–Trinajstić information content (AvgIpc) is 2.30. The fourth-order valence-corrected chi connectivity index (χ4v) is 1.16. The van der Waals surface area contributed by atoms with Crippen molar-refractivity contribution in [1.82, 2.24) is 0 Å². The van der Waals surface area contributed by atoms with Gasteiger partial charge in [-0.1, -0.05) is 38.1 Å². The Bertz CT molecular complexity index is 257. The lowest BCUT2D eigenvalue weighted by Crippen LogP contribution is -1.92. The SMILES string of the molecule is CC.CC(O)O.Cc1ccccc1CCCO. The van der Waals surface area contributed by atoms with Crippen LogP contribution in [0.25, 0.3) is 0 Å². The number of aryl methyl sites for hydroxylation is 2. The zero-order valence-corrected chi connectivity index (χ0v) is 11.3. The van der Waals surface area contributed by atoms with Gasteiger partial charge in [0.15, 0.2) is 0 Å². The van der Waals surface area contributed by atoms with E-state index in [1.807, 2.05) is 26.0 Å². The van der Waals surface area contributed by atoms with E-state index in [4.69, 9.17) is 15.3 Å². The summed E-state index contributed by atoms with van der Waals surface area (Å²) in [5.41, 5.74) is 2.67. The third-order valence-corrected chi connectivity index (χ3v) is 1.87. The fraction of sp³-hybridized carbons (Fsp3) is 0.571. The largest absolute Gasteiger partial charge is 0.396 e. The van der Waals surface area contributed by atoms with Crippen LogP contribution in [0.3, 0.4) is 0 Å². The molecule has 3 N–H and O–H groups in total. The second-order valence-corrected chi connectivity index (χ2v) is 3.39. The van der Waals surface area contributed by atoms with E-state index in [-0.39, 0.29) is 6.61 Å². The summed E-state index contributed by atoms with van der Waals surface area (Å²) < 4.78 is 0. The van der Waals surface area contributed by atoms with Gasteiger partial charge in [-0.15, -0.1) is 0 Å². The molecule has 0 atom stereocenters. The molecule has 0 radical (unpaired) electrons. The van der Waals surface area contributed by atoms with E-state index in [1.165, 1.54) is 18.1 Å². The zero-order chi connectivity index (χ0) is 13.7. The van der Waals surface area contributed by atoms with Gasteiger partial charge in [-0.2, -0.15) is 0 Å². The Kier molecular flexibility index (Phi) is 14.3. The molecule has 0 aromatic heterocycles. The molecule has 1 rings (SSSR count). The first-order valence-corrected chi connectivity index (χ1v) is 6.09. The second kappa shape index (κ2) is 13.2. The van der Waals surface area contributed by atoms with Crippen LogP contribution in [0.1, 0.15) is 38.3 Å². The lowest BCUT2D eigenvalue weighted by Gasteiger charge is -2.02. The van der Waals surface area contributed by atoms with E-state index in [2.05, 4.69) is 19.1 Å². The Morgan fingerprint density at radius 1 is 1.12 bits per heavy atom. The van der Waals surface area contributed by atoms with Gasteiger partial charge in [0, 0.05) is 6.61 Å². The Labute approximate surface area is 105 Å². The van der Waals surface area contributed by atoms with Crippen molar-refractivity contribution in [1.29, 1.82) is 0 Å². The molecule has 1 aromatic rings. The van der Waals surface area contributed by atoms with Crippen molar-refractivity contribution in [3.8, 4) is 0 Å². The standard InChI is InChI=1S/C10H14O.C2H6O2.C2H6/c1-9-5-2-3-6-10(9)7-4-8-11;1-2(3)4;1-2/h2-3,5-6,11H,4,7-8H2,1H3;2-4H,1H3;1-2H3. The van der Waals surface area contributed by atoms with Crippen molar-refractivity contribution < 1.29 is 15.3 Å². The van der Waals surface area contributed by atoms with Crippen LogP contribution in [0.4, 0.5) is 0 Å². The highest BCUT2D eigenvalue weighted by atomic mass is 16.5. The van der Waals surface area contributed by atoms with Crippen LogP contribution in [-0.2, 0) is 6.42 Å². The number of hydrogen-bond donors (Lipinski definition) is 3. The third kappa shape index (κ3) is 13.0. The molecule has 1 aromatic carbocycles. The van der Waals surface area contributed by atoms with Gasteiger partial charge in [0.25, 0.3) is 0 Å². The first-order valence-electron chi connectivity index (χ1n) is 6.09. The Balaban J connectivity index is 0. The quantitative estimate of drug-likeness (QED) is 0.713. The summed E-state index contributed by atoms with van der Waals surface area (Å²) in [6.07, 6.45) is 0.689. The normalized spacial score (nSPS) is 8.94. The molecule has 17 heavy (non-hydrogen) atoms. The van der Waals surface area contributed by atoms with Gasteiger partial charge in [-0.05, 0) is 37.8 Å². The van der Waals surface area contributed by atoms with Crippen molar-refractivity contribution in [2.75, 3.05) is 6.61 Å². The molecule has 0 aliphatic heterocycles. The first kappa shape index (κ1) is 18.5. The van der Waals surface area contributed by atoms with E-state index < -0.39 is 6.29 Å². The maximum atomic E-state index is 8.62. The van der Waals surface area contributed by atoms with Gasteiger partial charge in [0.2, 0.25) is 0 Å². The number of hydrogen-bond acceptors (Lipinski definition) is 3. The van der Waals surface area contributed by atoms with Crippen molar-refractivity contribution in [3.05, 3.63) is 35.4 Å². The minimum Gasteiger partial charge on any atom is -0.396 e. The Morgan fingerprint density at radius 2 is 1.59 bits per heavy atom. The first-order chi connectivity index (χ1) is 8.07. The number of rotatable bonds is 3. The van der Waals surface area contributed by atoms with E-state index in [0.29, 0.717) is 0 Å². The molecule has 0 unspecified atom stereocenters. The molecule has 0 aliphatic rings. The van der Waals surface area contributed by atoms with Crippen LogP contribution in [0.15, 0.2) is 24.3 Å². The molecule has 0 aliphatic carbocycles. The van der Waals surface area contributed by atoms with E-state index in [1.54, 1.807) is 0 Å². The summed E-state index contributed by atoms with van der Waals surface area (Å²) in [6, 6.07) is 8.30. The predicted molar refractivity (Wildman–Crippen MR) is 71.8 cm³/mol. The molecule has 0 spiro atoms. The molecular formula is C14H26O3. The van der Waals surface area contributed by atoms with Crippen LogP contribution < -0.4 is 0 Å². The maximum absolute atomic E-state index is 8.62. The van der Waals surface area contributed by atoms with E-state index >= 15 is 0 Å². The Morgan fingerprint density at radius 3 is 2.00 bits per heavy atom. The van der Waals surface area contributed by atoms with Crippen LogP contribution in [0.2, 0.25) is 0 Å². The summed E-state index contributed by atoms with van der Waals surface area (Å²) in [5.74, 6) is 0. The second-order valence-electron chi connectivity index (χ2n) is 3.39. The van der Waals surface area contributed by atoms with Gasteiger partial charge in [-0.3, -0.25) is 0 Å². The van der Waals surface area contributed by atoms with Gasteiger partial charge in [0.05, 0.1) is 0 Å². The minimum atomic E-state index is -1.17. The maximum Gasteiger partial charge on any atom is 0.148 e. The van der Waals surface area contributed by atoms with Crippen molar-refractivity contribution in [2.45, 2.75) is 46.8 Å². The molecule has 0 amide bonds. The highest BCUT2D eigenvalue weighted by Gasteiger charge is 1.94. The van der Waals surface area contributed by atoms with Crippen LogP contribution in [0, 0.1) is 6.92 Å². The number of aliphatic hydroxyl groups excluding tert-OH is 2. The zero-order valence-electron chi connectivity index (χ0n) is 11.3. The highest BCUT2D eigenvalue weighted by Crippen LogP contribution is 2.08. The van der Waals surface area contributed by atoms with Gasteiger partial charge in [-0.25, -0.2) is 0 Å². The van der Waals surface area contributed by atoms with Crippen molar-refractivity contribution >= 4 is 0 Å². The number of benzene rings is 1. The van der Waals surface area contributed by atoms with Crippen LogP contribution >= 0.6 is 0 Å². The molecule has 0 saturated carbocycles. The van der Waals surface area contributed by atoms with Crippen LogP contribution in [0.5, 0.6) is 0 Å². The van der Waals surface area contributed by atoms with Crippen LogP contribution in [-0.4, -0.2) is 28.2 Å². The average molecular weight is 242 g/mol. The molecule has 0 bridgehead atoms. The molecule has 3 heteroatoms. The van der Waals surface area contributed by atoms with Gasteiger partial charge < -0.3 is 15.3 Å². The van der Waals surface area contributed by atoms with Gasteiger partial charge in [0.1, 0.15) is 6.29 Å². The summed E-state index contributed by atoms with van der Waals surface area (Å²) in [4.78, 5) is 0. The van der Waals surface area contributed by atoms with E-state index in [9.17, 15) is 0 Å². The summed E-state index contributed by atoms with van der Waals surface area (Å²) >= 11 is 0. The lowest BCUT2D eigenvalue weighted by molar-refractivity contribution is -0.0228. The molecular weight excluding hydrogens is 216 g/mol. The summed E-state index contributed by atoms with van der Waals surface area (Å²) in [7, 11) is 0. The topological polar surface area (TPSA) is 60.7 Å². The molecule has 0 heterocycles. The van der Waals surface area contributed by atoms with E-state index in [0.717, 1.165) is 12.8 Å². The summed E-state index contributed by atoms with van der Waals surface area (Å²) in [5, 5.41) is 23.8. The minimum absolute atomic E-state index is 0.286. The highest BCUT2D eigenvalue weighted by molar-refractivity contribution is 5.25.